The number of aryl methyl sites for hydroxylation is 2. The van der Waals surface area contributed by atoms with E-state index in [1.165, 1.54) is 37.9 Å². The van der Waals surface area contributed by atoms with Gasteiger partial charge in [-0.3, -0.25) is 4.79 Å². The maximum Gasteiger partial charge on any atom is 0.416 e. The molecule has 2 aliphatic heterocycles. The van der Waals surface area contributed by atoms with Crippen LogP contribution in [0.4, 0.5) is 43.9 Å². The average Bonchev–Trinajstić information content (AvgIpc) is 3.70. The molecule has 0 spiro atoms. The predicted molar refractivity (Wildman–Crippen MR) is 175 cm³/mol. The van der Waals surface area contributed by atoms with E-state index in [-0.39, 0.29) is 48.3 Å². The molecule has 292 valence electrons. The van der Waals surface area contributed by atoms with E-state index in [1.807, 2.05) is 0 Å². The molecule has 2 N–H and O–H groups in total. The molecule has 0 atom stereocenters. The van der Waals surface area contributed by atoms with Gasteiger partial charge >= 0.3 is 18.3 Å². The minimum absolute atomic E-state index is 0. The van der Waals surface area contributed by atoms with Crippen molar-refractivity contribution in [1.82, 2.24) is 39.7 Å². The fourth-order valence-corrected chi connectivity index (χ4v) is 4.48. The van der Waals surface area contributed by atoms with Gasteiger partial charge < -0.3 is 15.3 Å². The van der Waals surface area contributed by atoms with Crippen LogP contribution in [-0.2, 0) is 21.9 Å². The number of hydrogen-bond acceptors (Lipinski definition) is 7. The van der Waals surface area contributed by atoms with Crippen LogP contribution in [0.2, 0.25) is 0 Å². The predicted octanol–water partition coefficient (Wildman–Crippen LogP) is 6.69. The normalized spacial score (nSPS) is 16.0. The van der Waals surface area contributed by atoms with Crippen molar-refractivity contribution in [2.45, 2.75) is 38.0 Å². The molecule has 0 bridgehead atoms. The average molecular weight is 799 g/mol. The molecule has 6 rings (SSSR count). The summed E-state index contributed by atoms with van der Waals surface area (Å²) >= 11 is 0. The molecule has 4 heterocycles. The number of likely N-dealkylation sites (tertiary alicyclic amines) is 1. The number of carboxylic acid groups (broad SMARTS) is 1. The number of benzene rings is 2. The van der Waals surface area contributed by atoms with Crippen LogP contribution in [0.5, 0.6) is 0 Å². The molecule has 22 heteroatoms. The highest BCUT2D eigenvalue weighted by Crippen LogP contribution is 2.34. The van der Waals surface area contributed by atoms with Crippen molar-refractivity contribution < 1.29 is 58.6 Å². The summed E-state index contributed by atoms with van der Waals surface area (Å²) in [6, 6.07) is 6.96. The van der Waals surface area contributed by atoms with Crippen molar-refractivity contribution >= 4 is 36.7 Å². The van der Waals surface area contributed by atoms with Crippen LogP contribution in [0.1, 0.15) is 22.3 Å². The highest BCUT2D eigenvalue weighted by molar-refractivity contribution is 5.90. The Kier molecular flexibility index (Phi) is 13.4. The Bertz CT molecular complexity index is 1990. The summed E-state index contributed by atoms with van der Waals surface area (Å²) in [4.78, 5) is 30.8. The summed E-state index contributed by atoms with van der Waals surface area (Å²) < 4.78 is 128. The van der Waals surface area contributed by atoms with Crippen molar-refractivity contribution in [2.24, 2.45) is 0 Å². The van der Waals surface area contributed by atoms with E-state index >= 15 is 0 Å². The third kappa shape index (κ3) is 12.4. The molecule has 2 saturated heterocycles. The van der Waals surface area contributed by atoms with E-state index in [2.05, 4.69) is 25.5 Å². The molecular formula is C32H29ClF10N8O3. The highest BCUT2D eigenvalue weighted by atomic mass is 35.5. The second-order valence-electron chi connectivity index (χ2n) is 11.7. The molecule has 2 aromatic carbocycles. The molecule has 0 radical (unpaired) electrons. The summed E-state index contributed by atoms with van der Waals surface area (Å²) in [5.74, 6) is -6.89. The Balaban J connectivity index is 0.000000251. The monoisotopic (exact) mass is 798 g/mol. The van der Waals surface area contributed by atoms with Gasteiger partial charge in [-0.15, -0.1) is 22.6 Å². The number of nitrogens with one attached hydrogen (secondary N) is 1. The van der Waals surface area contributed by atoms with E-state index in [4.69, 9.17) is 5.11 Å². The van der Waals surface area contributed by atoms with Crippen molar-refractivity contribution in [3.8, 4) is 22.8 Å². The molecule has 0 saturated carbocycles. The first-order valence-corrected chi connectivity index (χ1v) is 15.1. The zero-order valence-electron chi connectivity index (χ0n) is 27.8. The third-order valence-corrected chi connectivity index (χ3v) is 7.01. The van der Waals surface area contributed by atoms with Crippen LogP contribution in [-0.4, -0.2) is 89.4 Å². The fraction of sp³-hybridized carbons (Fsp3) is 0.312. The van der Waals surface area contributed by atoms with Crippen LogP contribution < -0.4 is 5.32 Å². The van der Waals surface area contributed by atoms with Crippen LogP contribution in [0.3, 0.4) is 0 Å². The minimum Gasteiger partial charge on any atom is -0.478 e. The number of nitrogens with zero attached hydrogens (tertiary/aromatic N) is 7. The topological polar surface area (TPSA) is 131 Å². The number of amides is 1. The Morgan fingerprint density at radius 3 is 1.46 bits per heavy atom. The number of alkyl halides is 10. The van der Waals surface area contributed by atoms with E-state index in [1.54, 1.807) is 6.92 Å². The van der Waals surface area contributed by atoms with Gasteiger partial charge in [0, 0.05) is 35.7 Å². The van der Waals surface area contributed by atoms with E-state index in [0.717, 1.165) is 56.9 Å². The Labute approximate surface area is 305 Å². The Hall–Kier alpha value is -5.31. The van der Waals surface area contributed by atoms with Crippen LogP contribution in [0, 0.1) is 13.8 Å². The van der Waals surface area contributed by atoms with Crippen LogP contribution >= 0.6 is 12.4 Å². The largest absolute Gasteiger partial charge is 0.478 e. The molecule has 2 aromatic heterocycles. The van der Waals surface area contributed by atoms with Crippen molar-refractivity contribution in [1.29, 1.82) is 0 Å². The third-order valence-electron chi connectivity index (χ3n) is 7.01. The highest BCUT2D eigenvalue weighted by Gasteiger charge is 2.45. The maximum absolute atomic E-state index is 12.9. The van der Waals surface area contributed by atoms with Gasteiger partial charge in [-0.25, -0.2) is 41.7 Å². The van der Waals surface area contributed by atoms with Crippen LogP contribution in [0.15, 0.2) is 61.2 Å². The van der Waals surface area contributed by atoms with Gasteiger partial charge in [-0.1, -0.05) is 0 Å². The first-order chi connectivity index (χ1) is 24.5. The standard InChI is InChI=1S/C16H13F5N4O.C13H10F3N3O2.C3H5F2N.ClH/c1-10-4-11(6-12(5-10)16(19,20)21)14-22-9-25(23-14)3-2-13(26)24-7-15(17,18)8-24;1-8-4-9(6-10(5-8)13(14,15)16)12-17-7-19(18-12)3-2-11(20)21;4-3(5)1-6-2-3;/h2-6,9H,7-8H2,1H3;2-7H,1H3,(H,20,21);6H,1-2H2;1H/b2*3-2-;;. The summed E-state index contributed by atoms with van der Waals surface area (Å²) in [5, 5.41) is 18.8. The maximum atomic E-state index is 12.9. The lowest BCUT2D eigenvalue weighted by Crippen LogP contribution is -2.58. The van der Waals surface area contributed by atoms with Gasteiger partial charge in [0.2, 0.25) is 5.91 Å². The molecule has 0 unspecified atom stereocenters. The zero-order valence-corrected chi connectivity index (χ0v) is 28.7. The zero-order chi connectivity index (χ0) is 39.4. The Morgan fingerprint density at radius 2 is 1.13 bits per heavy atom. The lowest BCUT2D eigenvalue weighted by molar-refractivity contribution is -0.160. The number of carbonyl (C=O) groups excluding carboxylic acids is 1. The number of hydrogen-bond donors (Lipinski definition) is 2. The first kappa shape index (κ1) is 43.1. The van der Waals surface area contributed by atoms with Gasteiger partial charge in [-0.2, -0.15) is 26.3 Å². The van der Waals surface area contributed by atoms with E-state index in [0.29, 0.717) is 11.1 Å². The number of carboxylic acids is 1. The van der Waals surface area contributed by atoms with Crippen molar-refractivity contribution in [2.75, 3.05) is 26.2 Å². The summed E-state index contributed by atoms with van der Waals surface area (Å²) in [5.41, 5.74) is -0.376. The number of aromatic nitrogens is 6. The van der Waals surface area contributed by atoms with E-state index < -0.39 is 60.3 Å². The van der Waals surface area contributed by atoms with Gasteiger partial charge in [0.25, 0.3) is 11.8 Å². The van der Waals surface area contributed by atoms with Gasteiger partial charge in [0.05, 0.1) is 37.3 Å². The molecule has 11 nitrogen and oxygen atoms in total. The summed E-state index contributed by atoms with van der Waals surface area (Å²) in [6.45, 7) is 1.53. The van der Waals surface area contributed by atoms with Gasteiger partial charge in [0.1, 0.15) is 12.7 Å². The molecule has 0 aliphatic carbocycles. The summed E-state index contributed by atoms with van der Waals surface area (Å²) in [7, 11) is 0. The SMILES string of the molecule is Cc1cc(-c2ncn(/C=C\C(=O)N3CC(F)(F)C3)n2)cc(C(F)(F)F)c1.Cc1cc(-c2ncn(/C=C\C(=O)O)n2)cc(C(F)(F)F)c1.Cl.FC1(F)CNC1. The lowest BCUT2D eigenvalue weighted by Gasteiger charge is -2.37. The summed E-state index contributed by atoms with van der Waals surface area (Å²) in [6.07, 6.45) is -2.29. The van der Waals surface area contributed by atoms with Crippen molar-refractivity contribution in [3.63, 3.8) is 0 Å². The molecule has 4 aromatic rings. The van der Waals surface area contributed by atoms with Gasteiger partial charge in [-0.05, 0) is 61.4 Å². The number of halogens is 11. The quantitative estimate of drug-likeness (QED) is 0.163. The molecular weight excluding hydrogens is 770 g/mol. The number of carbonyl (C=O) groups is 2. The van der Waals surface area contributed by atoms with Crippen LogP contribution in [0.25, 0.3) is 35.2 Å². The molecule has 2 aliphatic rings. The number of rotatable bonds is 6. The number of aliphatic carboxylic acids is 1. The molecule has 1 amide bonds. The Morgan fingerprint density at radius 1 is 0.722 bits per heavy atom. The second-order valence-corrected chi connectivity index (χ2v) is 11.7. The van der Waals surface area contributed by atoms with Crippen molar-refractivity contribution in [3.05, 3.63) is 83.5 Å². The first-order valence-electron chi connectivity index (χ1n) is 15.1. The molecule has 2 fully saturated rings. The molecule has 54 heavy (non-hydrogen) atoms. The second kappa shape index (κ2) is 16.8. The lowest BCUT2D eigenvalue weighted by atomic mass is 10.1. The van der Waals surface area contributed by atoms with Gasteiger partial charge in [0.15, 0.2) is 11.6 Å². The van der Waals surface area contributed by atoms with E-state index in [9.17, 15) is 53.5 Å². The smallest absolute Gasteiger partial charge is 0.416 e. The minimum atomic E-state index is -4.49. The fourth-order valence-electron chi connectivity index (χ4n) is 4.48.